The predicted octanol–water partition coefficient (Wildman–Crippen LogP) is 1.94. The van der Waals surface area contributed by atoms with Crippen molar-refractivity contribution in [1.29, 1.82) is 0 Å². The van der Waals surface area contributed by atoms with Gasteiger partial charge >= 0.3 is 5.63 Å². The summed E-state index contributed by atoms with van der Waals surface area (Å²) in [6.07, 6.45) is 1.16. The SMILES string of the molecule is COc1ccc2c(CN3CCCN(C)CC3)cc(=O)oc2c1. The number of benzene rings is 1. The topological polar surface area (TPSA) is 45.9 Å². The highest BCUT2D eigenvalue weighted by molar-refractivity contribution is 5.81. The van der Waals surface area contributed by atoms with Gasteiger partial charge in [-0.1, -0.05) is 0 Å². The van der Waals surface area contributed by atoms with Crippen LogP contribution in [0.4, 0.5) is 0 Å². The van der Waals surface area contributed by atoms with E-state index < -0.39 is 0 Å². The van der Waals surface area contributed by atoms with Crippen molar-refractivity contribution in [2.24, 2.45) is 0 Å². The van der Waals surface area contributed by atoms with Crippen LogP contribution in [-0.4, -0.2) is 50.1 Å². The fraction of sp³-hybridized carbons (Fsp3) is 0.471. The Hall–Kier alpha value is -1.85. The smallest absolute Gasteiger partial charge is 0.336 e. The number of likely N-dealkylation sites (N-methyl/N-ethyl adjacent to an activating group) is 1. The van der Waals surface area contributed by atoms with E-state index in [0.29, 0.717) is 11.3 Å². The van der Waals surface area contributed by atoms with Gasteiger partial charge in [0.1, 0.15) is 11.3 Å². The molecular weight excluding hydrogens is 280 g/mol. The Morgan fingerprint density at radius 2 is 2.05 bits per heavy atom. The summed E-state index contributed by atoms with van der Waals surface area (Å²) in [6.45, 7) is 5.05. The summed E-state index contributed by atoms with van der Waals surface area (Å²) in [5.74, 6) is 0.698. The Kier molecular flexibility index (Phi) is 4.45. The Morgan fingerprint density at radius 1 is 1.18 bits per heavy atom. The van der Waals surface area contributed by atoms with Gasteiger partial charge in [-0.15, -0.1) is 0 Å². The van der Waals surface area contributed by atoms with Crippen molar-refractivity contribution >= 4 is 11.0 Å². The minimum atomic E-state index is -0.303. The minimum absolute atomic E-state index is 0.303. The molecule has 3 rings (SSSR count). The average Bonchev–Trinajstić information content (AvgIpc) is 2.71. The van der Waals surface area contributed by atoms with E-state index in [4.69, 9.17) is 9.15 Å². The van der Waals surface area contributed by atoms with Crippen LogP contribution < -0.4 is 10.4 Å². The Balaban J connectivity index is 1.91. The molecule has 2 heterocycles. The lowest BCUT2D eigenvalue weighted by Crippen LogP contribution is -2.28. The van der Waals surface area contributed by atoms with E-state index in [1.54, 1.807) is 19.2 Å². The van der Waals surface area contributed by atoms with Gasteiger partial charge < -0.3 is 14.1 Å². The van der Waals surface area contributed by atoms with Crippen LogP contribution in [0.1, 0.15) is 12.0 Å². The molecule has 0 bridgehead atoms. The van der Waals surface area contributed by atoms with Crippen LogP contribution in [0.2, 0.25) is 0 Å². The molecule has 1 aliphatic heterocycles. The van der Waals surface area contributed by atoms with Crippen LogP contribution >= 0.6 is 0 Å². The molecule has 5 nitrogen and oxygen atoms in total. The highest BCUT2D eigenvalue weighted by Crippen LogP contribution is 2.23. The molecule has 0 spiro atoms. The van der Waals surface area contributed by atoms with E-state index in [1.807, 2.05) is 12.1 Å². The fourth-order valence-electron chi connectivity index (χ4n) is 2.97. The molecule has 1 aromatic heterocycles. The average molecular weight is 302 g/mol. The van der Waals surface area contributed by atoms with Gasteiger partial charge in [0, 0.05) is 37.2 Å². The summed E-state index contributed by atoms with van der Waals surface area (Å²) in [5, 5.41) is 0.984. The van der Waals surface area contributed by atoms with Crippen LogP contribution in [0.15, 0.2) is 33.5 Å². The normalized spacial score (nSPS) is 17.5. The summed E-state index contributed by atoms with van der Waals surface area (Å²) in [7, 11) is 3.76. The zero-order valence-corrected chi connectivity index (χ0v) is 13.2. The third kappa shape index (κ3) is 3.31. The van der Waals surface area contributed by atoms with E-state index in [-0.39, 0.29) is 5.63 Å². The van der Waals surface area contributed by atoms with Gasteiger partial charge in [0.05, 0.1) is 7.11 Å². The third-order valence-electron chi connectivity index (χ3n) is 4.24. The van der Waals surface area contributed by atoms with Crippen molar-refractivity contribution in [3.8, 4) is 5.75 Å². The van der Waals surface area contributed by atoms with Crippen LogP contribution in [0.5, 0.6) is 5.75 Å². The lowest BCUT2D eigenvalue weighted by atomic mass is 10.1. The number of ether oxygens (including phenoxy) is 1. The van der Waals surface area contributed by atoms with Gasteiger partial charge in [-0.25, -0.2) is 4.79 Å². The van der Waals surface area contributed by atoms with Crippen LogP contribution in [0.3, 0.4) is 0 Å². The zero-order chi connectivity index (χ0) is 15.5. The van der Waals surface area contributed by atoms with Gasteiger partial charge in [0.15, 0.2) is 0 Å². The first-order valence-electron chi connectivity index (χ1n) is 7.67. The summed E-state index contributed by atoms with van der Waals surface area (Å²) >= 11 is 0. The zero-order valence-electron chi connectivity index (χ0n) is 13.2. The van der Waals surface area contributed by atoms with Crippen LogP contribution in [0.25, 0.3) is 11.0 Å². The maximum atomic E-state index is 11.8. The number of methoxy groups -OCH3 is 1. The Morgan fingerprint density at radius 3 is 2.86 bits per heavy atom. The molecule has 0 amide bonds. The van der Waals surface area contributed by atoms with Gasteiger partial charge in [0.2, 0.25) is 0 Å². The number of hydrogen-bond donors (Lipinski definition) is 0. The van der Waals surface area contributed by atoms with Gasteiger partial charge in [-0.05, 0) is 44.3 Å². The molecule has 1 saturated heterocycles. The molecule has 1 aliphatic rings. The molecule has 22 heavy (non-hydrogen) atoms. The van der Waals surface area contributed by atoms with E-state index in [1.165, 1.54) is 0 Å². The lowest BCUT2D eigenvalue weighted by molar-refractivity contribution is 0.269. The second kappa shape index (κ2) is 6.50. The van der Waals surface area contributed by atoms with Gasteiger partial charge in [-0.2, -0.15) is 0 Å². The largest absolute Gasteiger partial charge is 0.497 e. The van der Waals surface area contributed by atoms with Crippen molar-refractivity contribution in [3.05, 3.63) is 40.2 Å². The van der Waals surface area contributed by atoms with E-state index in [2.05, 4.69) is 16.8 Å². The number of hydrogen-bond acceptors (Lipinski definition) is 5. The molecule has 0 aliphatic carbocycles. The second-order valence-electron chi connectivity index (χ2n) is 5.89. The molecule has 1 fully saturated rings. The first-order valence-corrected chi connectivity index (χ1v) is 7.67. The molecular formula is C17H22N2O3. The molecule has 0 saturated carbocycles. The maximum Gasteiger partial charge on any atom is 0.336 e. The molecule has 0 N–H and O–H groups in total. The summed E-state index contributed by atoms with van der Waals surface area (Å²) in [5.41, 5.74) is 1.31. The molecule has 1 aromatic carbocycles. The van der Waals surface area contributed by atoms with Gasteiger partial charge in [0.25, 0.3) is 0 Å². The lowest BCUT2D eigenvalue weighted by Gasteiger charge is -2.20. The monoisotopic (exact) mass is 302 g/mol. The quantitative estimate of drug-likeness (QED) is 0.811. The number of rotatable bonds is 3. The summed E-state index contributed by atoms with van der Waals surface area (Å²) in [6, 6.07) is 7.26. The molecule has 0 unspecified atom stereocenters. The third-order valence-corrected chi connectivity index (χ3v) is 4.24. The van der Waals surface area contributed by atoms with Crippen molar-refractivity contribution in [2.45, 2.75) is 13.0 Å². The molecule has 0 atom stereocenters. The van der Waals surface area contributed by atoms with Gasteiger partial charge in [-0.3, -0.25) is 4.90 Å². The highest BCUT2D eigenvalue weighted by atomic mass is 16.5. The molecule has 2 aromatic rings. The second-order valence-corrected chi connectivity index (χ2v) is 5.89. The van der Waals surface area contributed by atoms with Crippen molar-refractivity contribution < 1.29 is 9.15 Å². The number of nitrogens with zero attached hydrogens (tertiary/aromatic N) is 2. The first-order chi connectivity index (χ1) is 10.7. The highest BCUT2D eigenvalue weighted by Gasteiger charge is 2.15. The van der Waals surface area contributed by atoms with Crippen molar-refractivity contribution in [1.82, 2.24) is 9.80 Å². The summed E-state index contributed by atoms with van der Waals surface area (Å²) < 4.78 is 10.5. The first kappa shape index (κ1) is 15.1. The van der Waals surface area contributed by atoms with Crippen LogP contribution in [-0.2, 0) is 6.54 Å². The maximum absolute atomic E-state index is 11.8. The minimum Gasteiger partial charge on any atom is -0.497 e. The number of fused-ring (bicyclic) bond motifs is 1. The summed E-state index contributed by atoms with van der Waals surface area (Å²) in [4.78, 5) is 16.6. The predicted molar refractivity (Wildman–Crippen MR) is 86.4 cm³/mol. The van der Waals surface area contributed by atoms with E-state index in [0.717, 1.165) is 50.1 Å². The van der Waals surface area contributed by atoms with Crippen molar-refractivity contribution in [2.75, 3.05) is 40.3 Å². The van der Waals surface area contributed by atoms with E-state index >= 15 is 0 Å². The van der Waals surface area contributed by atoms with Crippen molar-refractivity contribution in [3.63, 3.8) is 0 Å². The standard InChI is InChI=1S/C17H22N2O3/c1-18-6-3-7-19(9-8-18)12-13-10-17(20)22-16-11-14(21-2)4-5-15(13)16/h4-5,10-11H,3,6-9,12H2,1-2H3. The van der Waals surface area contributed by atoms with E-state index in [9.17, 15) is 4.79 Å². The molecule has 5 heteroatoms. The fourth-order valence-corrected chi connectivity index (χ4v) is 2.97. The molecule has 118 valence electrons. The van der Waals surface area contributed by atoms with Crippen LogP contribution in [0, 0.1) is 0 Å². The molecule has 0 radical (unpaired) electrons. The Bertz CT molecular complexity index is 711. The Labute approximate surface area is 130 Å².